The van der Waals surface area contributed by atoms with E-state index in [1.165, 1.54) is 26.4 Å². The fourth-order valence-electron chi connectivity index (χ4n) is 1.54. The molecule has 2 rings (SSSR count). The van der Waals surface area contributed by atoms with E-state index < -0.39 is 12.0 Å². The van der Waals surface area contributed by atoms with Crippen LogP contribution in [0.2, 0.25) is 0 Å². The summed E-state index contributed by atoms with van der Waals surface area (Å²) >= 11 is 0. The van der Waals surface area contributed by atoms with Crippen LogP contribution in [0.3, 0.4) is 0 Å². The normalized spacial score (nSPS) is 10.3. The van der Waals surface area contributed by atoms with E-state index in [-0.39, 0.29) is 17.0 Å². The van der Waals surface area contributed by atoms with Gasteiger partial charge in [0.15, 0.2) is 5.75 Å². The topological polar surface area (TPSA) is 60.5 Å². The SMILES string of the molecule is COC(=O)Oc1[nH]c2cccc(F)c2c1OC. The standard InChI is InChI=1S/C11H10FNO4/c1-15-9-8-6(12)4-3-5-7(8)13-10(9)17-11(14)16-2/h3-5,13H,1-2H3. The Morgan fingerprint density at radius 2 is 2.12 bits per heavy atom. The molecule has 6 heteroatoms. The molecule has 5 nitrogen and oxygen atoms in total. The van der Waals surface area contributed by atoms with Gasteiger partial charge in [-0.25, -0.2) is 9.18 Å². The molecular formula is C11H10FNO4. The average Bonchev–Trinajstić information content (AvgIpc) is 2.67. The fraction of sp³-hybridized carbons (Fsp3) is 0.182. The molecule has 0 amide bonds. The summed E-state index contributed by atoms with van der Waals surface area (Å²) in [5, 5.41) is 0.230. The van der Waals surface area contributed by atoms with Gasteiger partial charge in [0, 0.05) is 0 Å². The fourth-order valence-corrected chi connectivity index (χ4v) is 1.54. The quantitative estimate of drug-likeness (QED) is 0.818. The molecule has 1 aromatic heterocycles. The summed E-state index contributed by atoms with van der Waals surface area (Å²) in [6.07, 6.45) is -0.907. The third-order valence-corrected chi connectivity index (χ3v) is 2.25. The van der Waals surface area contributed by atoms with Gasteiger partial charge in [0.05, 0.1) is 25.1 Å². The molecule has 0 atom stereocenters. The zero-order valence-electron chi connectivity index (χ0n) is 9.24. The lowest BCUT2D eigenvalue weighted by atomic mass is 10.2. The van der Waals surface area contributed by atoms with Crippen molar-refractivity contribution in [3.8, 4) is 11.6 Å². The van der Waals surface area contributed by atoms with Gasteiger partial charge in [-0.15, -0.1) is 0 Å². The van der Waals surface area contributed by atoms with Crippen molar-refractivity contribution >= 4 is 17.1 Å². The molecule has 0 aliphatic heterocycles. The number of carbonyl (C=O) groups excluding carboxylic acids is 1. The van der Waals surface area contributed by atoms with Gasteiger partial charge in [-0.05, 0) is 12.1 Å². The number of nitrogens with one attached hydrogen (secondary N) is 1. The number of ether oxygens (including phenoxy) is 3. The lowest BCUT2D eigenvalue weighted by Crippen LogP contribution is -2.08. The zero-order valence-corrected chi connectivity index (χ0v) is 9.24. The second-order valence-corrected chi connectivity index (χ2v) is 3.21. The molecule has 0 aliphatic rings. The summed E-state index contributed by atoms with van der Waals surface area (Å²) in [6.45, 7) is 0. The van der Waals surface area contributed by atoms with Crippen molar-refractivity contribution in [2.45, 2.75) is 0 Å². The number of rotatable bonds is 2. The van der Waals surface area contributed by atoms with E-state index in [2.05, 4.69) is 9.72 Å². The van der Waals surface area contributed by atoms with Crippen LogP contribution >= 0.6 is 0 Å². The molecular weight excluding hydrogens is 229 g/mol. The lowest BCUT2D eigenvalue weighted by Gasteiger charge is -2.02. The number of hydrogen-bond donors (Lipinski definition) is 1. The summed E-state index contributed by atoms with van der Waals surface area (Å²) in [6, 6.07) is 4.47. The van der Waals surface area contributed by atoms with Crippen LogP contribution in [-0.4, -0.2) is 25.4 Å². The highest BCUT2D eigenvalue weighted by molar-refractivity contribution is 5.90. The molecule has 0 saturated carbocycles. The van der Waals surface area contributed by atoms with Crippen LogP contribution in [0.25, 0.3) is 10.9 Å². The Balaban J connectivity index is 2.56. The highest BCUT2D eigenvalue weighted by Crippen LogP contribution is 2.37. The number of halogens is 1. The van der Waals surface area contributed by atoms with E-state index in [0.717, 1.165) is 0 Å². The Bertz CT molecular complexity index is 564. The van der Waals surface area contributed by atoms with Crippen LogP contribution in [0.1, 0.15) is 0 Å². The smallest absolute Gasteiger partial charge is 0.491 e. The molecule has 1 N–H and O–H groups in total. The molecule has 0 saturated heterocycles. The Hall–Kier alpha value is -2.24. The Morgan fingerprint density at radius 3 is 2.76 bits per heavy atom. The second-order valence-electron chi connectivity index (χ2n) is 3.21. The first-order valence-electron chi connectivity index (χ1n) is 4.77. The minimum Gasteiger partial charge on any atom is -0.491 e. The van der Waals surface area contributed by atoms with Crippen molar-refractivity contribution in [1.29, 1.82) is 0 Å². The third kappa shape index (κ3) is 1.89. The van der Waals surface area contributed by atoms with Crippen molar-refractivity contribution in [3.63, 3.8) is 0 Å². The molecule has 0 spiro atoms. The van der Waals surface area contributed by atoms with Gasteiger partial charge >= 0.3 is 6.16 Å². The second kappa shape index (κ2) is 4.32. The van der Waals surface area contributed by atoms with Crippen molar-refractivity contribution in [2.24, 2.45) is 0 Å². The molecule has 17 heavy (non-hydrogen) atoms. The van der Waals surface area contributed by atoms with E-state index in [1.807, 2.05) is 0 Å². The van der Waals surface area contributed by atoms with Crippen molar-refractivity contribution in [3.05, 3.63) is 24.0 Å². The first kappa shape index (κ1) is 11.3. The first-order chi connectivity index (χ1) is 8.17. The van der Waals surface area contributed by atoms with E-state index in [1.54, 1.807) is 6.07 Å². The number of benzene rings is 1. The van der Waals surface area contributed by atoms with Crippen LogP contribution in [0, 0.1) is 5.82 Å². The Kier molecular flexibility index (Phi) is 2.86. The molecule has 0 radical (unpaired) electrons. The summed E-state index contributed by atoms with van der Waals surface area (Å²) in [4.78, 5) is 13.7. The molecule has 90 valence electrons. The molecule has 0 bridgehead atoms. The maximum Gasteiger partial charge on any atom is 0.514 e. The first-order valence-corrected chi connectivity index (χ1v) is 4.77. The number of methoxy groups -OCH3 is 2. The Morgan fingerprint density at radius 1 is 1.35 bits per heavy atom. The minimum atomic E-state index is -0.907. The van der Waals surface area contributed by atoms with Crippen LogP contribution in [0.5, 0.6) is 11.6 Å². The van der Waals surface area contributed by atoms with Crippen LogP contribution in [0.15, 0.2) is 18.2 Å². The highest BCUT2D eigenvalue weighted by Gasteiger charge is 2.19. The van der Waals surface area contributed by atoms with E-state index in [4.69, 9.17) is 9.47 Å². The summed E-state index contributed by atoms with van der Waals surface area (Å²) in [5.41, 5.74) is 0.473. The Labute approximate surface area is 96.1 Å². The van der Waals surface area contributed by atoms with Crippen LogP contribution < -0.4 is 9.47 Å². The molecule has 0 fully saturated rings. The van der Waals surface area contributed by atoms with Gasteiger partial charge in [0.1, 0.15) is 5.82 Å². The van der Waals surface area contributed by atoms with E-state index >= 15 is 0 Å². The lowest BCUT2D eigenvalue weighted by molar-refractivity contribution is 0.118. The summed E-state index contributed by atoms with van der Waals surface area (Å²) in [5.74, 6) is -0.321. The largest absolute Gasteiger partial charge is 0.514 e. The molecule has 0 unspecified atom stereocenters. The van der Waals surface area contributed by atoms with Gasteiger partial charge in [-0.1, -0.05) is 6.07 Å². The van der Waals surface area contributed by atoms with Gasteiger partial charge < -0.3 is 19.2 Å². The average molecular weight is 239 g/mol. The predicted octanol–water partition coefficient (Wildman–Crippen LogP) is 2.46. The maximum atomic E-state index is 13.6. The zero-order chi connectivity index (χ0) is 12.4. The number of H-pyrrole nitrogens is 1. The maximum absolute atomic E-state index is 13.6. The van der Waals surface area contributed by atoms with Crippen molar-refractivity contribution in [2.75, 3.05) is 14.2 Å². The number of carbonyl (C=O) groups is 1. The van der Waals surface area contributed by atoms with E-state index in [0.29, 0.717) is 5.52 Å². The van der Waals surface area contributed by atoms with Gasteiger partial charge in [0.25, 0.3) is 0 Å². The van der Waals surface area contributed by atoms with Gasteiger partial charge in [0.2, 0.25) is 5.88 Å². The summed E-state index contributed by atoms with van der Waals surface area (Å²) < 4.78 is 27.8. The number of aromatic amines is 1. The van der Waals surface area contributed by atoms with Gasteiger partial charge in [-0.2, -0.15) is 0 Å². The van der Waals surface area contributed by atoms with Crippen molar-refractivity contribution in [1.82, 2.24) is 4.98 Å². The highest BCUT2D eigenvalue weighted by atomic mass is 19.1. The summed E-state index contributed by atoms with van der Waals surface area (Å²) in [7, 11) is 2.54. The molecule has 1 aromatic carbocycles. The van der Waals surface area contributed by atoms with Crippen molar-refractivity contribution < 1.29 is 23.4 Å². The van der Waals surface area contributed by atoms with Gasteiger partial charge in [-0.3, -0.25) is 0 Å². The monoisotopic (exact) mass is 239 g/mol. The molecule has 2 aromatic rings. The van der Waals surface area contributed by atoms with E-state index in [9.17, 15) is 9.18 Å². The number of hydrogen-bond acceptors (Lipinski definition) is 4. The number of fused-ring (bicyclic) bond motifs is 1. The van der Waals surface area contributed by atoms with Crippen LogP contribution in [0.4, 0.5) is 9.18 Å². The molecule has 1 heterocycles. The number of aromatic nitrogens is 1. The molecule has 0 aliphatic carbocycles. The predicted molar refractivity (Wildman–Crippen MR) is 57.8 cm³/mol. The minimum absolute atomic E-state index is 0.0134. The third-order valence-electron chi connectivity index (χ3n) is 2.25. The van der Waals surface area contributed by atoms with Crippen LogP contribution in [-0.2, 0) is 4.74 Å².